The fourth-order valence-electron chi connectivity index (χ4n) is 2.33. The van der Waals surface area contributed by atoms with E-state index < -0.39 is 0 Å². The van der Waals surface area contributed by atoms with Crippen LogP contribution in [-0.2, 0) is 6.54 Å². The molecule has 6 heteroatoms. The van der Waals surface area contributed by atoms with E-state index in [1.54, 1.807) is 18.5 Å². The summed E-state index contributed by atoms with van der Waals surface area (Å²) >= 11 is 1.54. The van der Waals surface area contributed by atoms with Crippen LogP contribution in [0.1, 0.15) is 24.3 Å². The third-order valence-electron chi connectivity index (χ3n) is 3.34. The van der Waals surface area contributed by atoms with Gasteiger partial charge in [0.15, 0.2) is 0 Å². The van der Waals surface area contributed by atoms with Gasteiger partial charge in [-0.05, 0) is 19.3 Å². The van der Waals surface area contributed by atoms with Crippen molar-refractivity contribution in [1.29, 1.82) is 0 Å². The van der Waals surface area contributed by atoms with Crippen LogP contribution in [0.2, 0.25) is 0 Å². The SMILES string of the molecule is O=c1cc(N2CCCCC2)cnn1Cc1nccs1. The van der Waals surface area contributed by atoms with Crippen molar-refractivity contribution in [2.45, 2.75) is 25.8 Å². The molecule has 19 heavy (non-hydrogen) atoms. The second-order valence-electron chi connectivity index (χ2n) is 4.68. The standard InChI is InChI=1S/C13H16N4OS/c18-13-8-11(16-5-2-1-3-6-16)9-15-17(13)10-12-14-4-7-19-12/h4,7-9H,1-3,5-6,10H2. The average molecular weight is 276 g/mol. The third kappa shape index (κ3) is 2.84. The number of nitrogens with zero attached hydrogens (tertiary/aromatic N) is 4. The van der Waals surface area contributed by atoms with E-state index in [0.717, 1.165) is 23.8 Å². The van der Waals surface area contributed by atoms with Gasteiger partial charge in [-0.3, -0.25) is 4.79 Å². The quantitative estimate of drug-likeness (QED) is 0.857. The monoisotopic (exact) mass is 276 g/mol. The van der Waals surface area contributed by atoms with Crippen LogP contribution < -0.4 is 10.5 Å². The maximum atomic E-state index is 12.1. The molecule has 0 radical (unpaired) electrons. The van der Waals surface area contributed by atoms with Gasteiger partial charge in [-0.1, -0.05) is 0 Å². The zero-order valence-electron chi connectivity index (χ0n) is 10.7. The minimum Gasteiger partial charge on any atom is -0.370 e. The summed E-state index contributed by atoms with van der Waals surface area (Å²) in [5.41, 5.74) is 0.887. The van der Waals surface area contributed by atoms with E-state index in [4.69, 9.17) is 0 Å². The number of hydrogen-bond acceptors (Lipinski definition) is 5. The Labute approximate surface area is 115 Å². The fraction of sp³-hybridized carbons (Fsp3) is 0.462. The zero-order valence-corrected chi connectivity index (χ0v) is 11.5. The number of aromatic nitrogens is 3. The summed E-state index contributed by atoms with van der Waals surface area (Å²) in [6, 6.07) is 1.69. The lowest BCUT2D eigenvalue weighted by Gasteiger charge is -2.28. The van der Waals surface area contributed by atoms with Crippen molar-refractivity contribution in [3.05, 3.63) is 39.2 Å². The molecule has 0 spiro atoms. The molecule has 0 aromatic carbocycles. The Morgan fingerprint density at radius 1 is 1.26 bits per heavy atom. The Hall–Kier alpha value is -1.69. The summed E-state index contributed by atoms with van der Waals surface area (Å²) in [6.07, 6.45) is 7.21. The fourth-order valence-corrected chi connectivity index (χ4v) is 2.92. The molecule has 1 fully saturated rings. The van der Waals surface area contributed by atoms with Gasteiger partial charge < -0.3 is 4.90 Å². The highest BCUT2D eigenvalue weighted by Gasteiger charge is 2.12. The van der Waals surface area contributed by atoms with E-state index in [9.17, 15) is 4.79 Å². The van der Waals surface area contributed by atoms with Crippen LogP contribution >= 0.6 is 11.3 Å². The Morgan fingerprint density at radius 2 is 2.11 bits per heavy atom. The summed E-state index contributed by atoms with van der Waals surface area (Å²) in [5, 5.41) is 7.07. The van der Waals surface area contributed by atoms with Crippen LogP contribution in [0.3, 0.4) is 0 Å². The van der Waals surface area contributed by atoms with Crippen molar-refractivity contribution < 1.29 is 0 Å². The van der Waals surface area contributed by atoms with Gasteiger partial charge in [0, 0.05) is 30.7 Å². The molecule has 0 bridgehead atoms. The first-order valence-corrected chi connectivity index (χ1v) is 7.41. The van der Waals surface area contributed by atoms with Crippen LogP contribution in [0.25, 0.3) is 0 Å². The molecule has 5 nitrogen and oxygen atoms in total. The minimum atomic E-state index is -0.0572. The van der Waals surface area contributed by atoms with Crippen molar-refractivity contribution in [2.24, 2.45) is 0 Å². The van der Waals surface area contributed by atoms with Gasteiger partial charge in [-0.25, -0.2) is 9.67 Å². The lowest BCUT2D eigenvalue weighted by molar-refractivity contribution is 0.571. The molecule has 0 N–H and O–H groups in total. The van der Waals surface area contributed by atoms with Gasteiger partial charge in [-0.2, -0.15) is 5.10 Å². The first-order chi connectivity index (χ1) is 9.33. The van der Waals surface area contributed by atoms with Crippen LogP contribution in [0, 0.1) is 0 Å². The van der Waals surface area contributed by atoms with Gasteiger partial charge >= 0.3 is 0 Å². The molecule has 2 aromatic heterocycles. The third-order valence-corrected chi connectivity index (χ3v) is 4.11. The summed E-state index contributed by atoms with van der Waals surface area (Å²) in [7, 11) is 0. The van der Waals surface area contributed by atoms with E-state index in [2.05, 4.69) is 15.0 Å². The van der Waals surface area contributed by atoms with Gasteiger partial charge in [-0.15, -0.1) is 11.3 Å². The maximum Gasteiger partial charge on any atom is 0.269 e. The van der Waals surface area contributed by atoms with Crippen LogP contribution in [-0.4, -0.2) is 27.9 Å². The van der Waals surface area contributed by atoms with Gasteiger partial charge in [0.2, 0.25) is 0 Å². The molecule has 0 saturated carbocycles. The molecule has 3 rings (SSSR count). The molecule has 0 unspecified atom stereocenters. The normalized spacial score (nSPS) is 15.7. The Morgan fingerprint density at radius 3 is 2.79 bits per heavy atom. The predicted octanol–water partition coefficient (Wildman–Crippen LogP) is 1.74. The molecule has 1 aliphatic rings. The summed E-state index contributed by atoms with van der Waals surface area (Å²) < 4.78 is 1.46. The number of thiazole rings is 1. The van der Waals surface area contributed by atoms with Gasteiger partial charge in [0.1, 0.15) is 5.01 Å². The van der Waals surface area contributed by atoms with E-state index in [0.29, 0.717) is 6.54 Å². The Kier molecular flexibility index (Phi) is 3.59. The topological polar surface area (TPSA) is 51.0 Å². The highest BCUT2D eigenvalue weighted by molar-refractivity contribution is 7.09. The second-order valence-corrected chi connectivity index (χ2v) is 5.66. The summed E-state index contributed by atoms with van der Waals surface area (Å²) in [5.74, 6) is 0. The Bertz CT molecular complexity index is 587. The predicted molar refractivity (Wildman–Crippen MR) is 75.8 cm³/mol. The van der Waals surface area contributed by atoms with Gasteiger partial charge in [0.05, 0.1) is 18.4 Å². The molecule has 0 aliphatic carbocycles. The van der Waals surface area contributed by atoms with Crippen LogP contribution in [0.5, 0.6) is 0 Å². The molecule has 1 aliphatic heterocycles. The number of rotatable bonds is 3. The number of anilines is 1. The lowest BCUT2D eigenvalue weighted by Crippen LogP contribution is -2.32. The summed E-state index contributed by atoms with van der Waals surface area (Å²) in [6.45, 7) is 2.51. The van der Waals surface area contributed by atoms with Crippen LogP contribution in [0.4, 0.5) is 5.69 Å². The smallest absolute Gasteiger partial charge is 0.269 e. The first-order valence-electron chi connectivity index (χ1n) is 6.53. The maximum absolute atomic E-state index is 12.1. The van der Waals surface area contributed by atoms with Crippen molar-refractivity contribution in [3.8, 4) is 0 Å². The molecular weight excluding hydrogens is 260 g/mol. The molecule has 0 amide bonds. The average Bonchev–Trinajstić information content (AvgIpc) is 2.95. The Balaban J connectivity index is 1.79. The van der Waals surface area contributed by atoms with Crippen molar-refractivity contribution in [3.63, 3.8) is 0 Å². The van der Waals surface area contributed by atoms with E-state index >= 15 is 0 Å². The lowest BCUT2D eigenvalue weighted by atomic mass is 10.1. The molecular formula is C13H16N4OS. The van der Waals surface area contributed by atoms with E-state index in [1.807, 2.05) is 5.38 Å². The molecule has 0 atom stereocenters. The number of piperidine rings is 1. The highest BCUT2D eigenvalue weighted by Crippen LogP contribution is 2.16. The highest BCUT2D eigenvalue weighted by atomic mass is 32.1. The largest absolute Gasteiger partial charge is 0.370 e. The first kappa shape index (κ1) is 12.3. The molecule has 2 aromatic rings. The minimum absolute atomic E-state index is 0.0572. The summed E-state index contributed by atoms with van der Waals surface area (Å²) in [4.78, 5) is 18.5. The molecule has 100 valence electrons. The van der Waals surface area contributed by atoms with E-state index in [1.165, 1.54) is 35.3 Å². The van der Waals surface area contributed by atoms with E-state index in [-0.39, 0.29) is 5.56 Å². The van der Waals surface area contributed by atoms with Gasteiger partial charge in [0.25, 0.3) is 5.56 Å². The zero-order chi connectivity index (χ0) is 13.1. The number of hydrogen-bond donors (Lipinski definition) is 0. The van der Waals surface area contributed by atoms with Crippen molar-refractivity contribution >= 4 is 17.0 Å². The molecule has 3 heterocycles. The second kappa shape index (κ2) is 5.52. The van der Waals surface area contributed by atoms with Crippen molar-refractivity contribution in [2.75, 3.05) is 18.0 Å². The van der Waals surface area contributed by atoms with Crippen LogP contribution in [0.15, 0.2) is 28.6 Å². The van der Waals surface area contributed by atoms with Crippen molar-refractivity contribution in [1.82, 2.24) is 14.8 Å². The molecule has 1 saturated heterocycles.